The quantitative estimate of drug-likeness (QED) is 0.788. The molecule has 2 atom stereocenters. The third-order valence-electron chi connectivity index (χ3n) is 4.32. The lowest BCUT2D eigenvalue weighted by Crippen LogP contribution is -2.22. The summed E-state index contributed by atoms with van der Waals surface area (Å²) in [6.45, 7) is 6.68. The van der Waals surface area contributed by atoms with Gasteiger partial charge in [-0.25, -0.2) is 0 Å². The van der Waals surface area contributed by atoms with E-state index in [4.69, 9.17) is 0 Å². The third kappa shape index (κ3) is 2.65. The van der Waals surface area contributed by atoms with Gasteiger partial charge in [0.05, 0.1) is 0 Å². The van der Waals surface area contributed by atoms with E-state index in [1.54, 1.807) is 0 Å². The van der Waals surface area contributed by atoms with E-state index in [1.807, 2.05) is 13.0 Å². The van der Waals surface area contributed by atoms with Crippen molar-refractivity contribution in [3.05, 3.63) is 29.3 Å². The maximum absolute atomic E-state index is 9.62. The molecule has 1 heteroatoms. The van der Waals surface area contributed by atoms with E-state index in [2.05, 4.69) is 26.0 Å². The zero-order valence-electron chi connectivity index (χ0n) is 11.2. The highest BCUT2D eigenvalue weighted by atomic mass is 16.3. The van der Waals surface area contributed by atoms with Crippen molar-refractivity contribution in [1.82, 2.24) is 0 Å². The molecule has 17 heavy (non-hydrogen) atoms. The van der Waals surface area contributed by atoms with E-state index >= 15 is 0 Å². The molecule has 0 bridgehead atoms. The number of hydrogen-bond acceptors (Lipinski definition) is 1. The maximum atomic E-state index is 9.62. The Morgan fingerprint density at radius 3 is 2.53 bits per heavy atom. The second kappa shape index (κ2) is 5.12. The van der Waals surface area contributed by atoms with E-state index in [0.717, 1.165) is 17.4 Å². The molecule has 1 aliphatic carbocycles. The van der Waals surface area contributed by atoms with Gasteiger partial charge in [-0.05, 0) is 54.7 Å². The summed E-state index contributed by atoms with van der Waals surface area (Å²) in [6.07, 6.45) is 5.42. The smallest absolute Gasteiger partial charge is 0.118 e. The monoisotopic (exact) mass is 232 g/mol. The van der Waals surface area contributed by atoms with Crippen molar-refractivity contribution in [3.63, 3.8) is 0 Å². The molecule has 0 spiro atoms. The Bertz CT molecular complexity index is 381. The van der Waals surface area contributed by atoms with E-state index < -0.39 is 0 Å². The number of phenols is 1. The fourth-order valence-corrected chi connectivity index (χ4v) is 3.28. The average molecular weight is 232 g/mol. The number of benzene rings is 1. The SMILES string of the molecule is Cc1cc(C2CCCCC2C(C)C)ccc1O. The molecular formula is C16H24O. The van der Waals surface area contributed by atoms with Crippen LogP contribution in [0.4, 0.5) is 0 Å². The first-order chi connectivity index (χ1) is 8.09. The van der Waals surface area contributed by atoms with Crippen molar-refractivity contribution in [2.24, 2.45) is 11.8 Å². The van der Waals surface area contributed by atoms with Crippen LogP contribution in [0, 0.1) is 18.8 Å². The lowest BCUT2D eigenvalue weighted by Gasteiger charge is -2.35. The Kier molecular flexibility index (Phi) is 3.76. The van der Waals surface area contributed by atoms with Crippen molar-refractivity contribution >= 4 is 0 Å². The van der Waals surface area contributed by atoms with Gasteiger partial charge in [-0.15, -0.1) is 0 Å². The van der Waals surface area contributed by atoms with Crippen LogP contribution in [0.5, 0.6) is 5.75 Å². The topological polar surface area (TPSA) is 20.2 Å². The van der Waals surface area contributed by atoms with Gasteiger partial charge in [0.25, 0.3) is 0 Å². The Hall–Kier alpha value is -0.980. The molecule has 1 aromatic rings. The third-order valence-corrected chi connectivity index (χ3v) is 4.32. The maximum Gasteiger partial charge on any atom is 0.118 e. The van der Waals surface area contributed by atoms with Gasteiger partial charge in [0.15, 0.2) is 0 Å². The zero-order valence-corrected chi connectivity index (χ0v) is 11.2. The van der Waals surface area contributed by atoms with E-state index in [9.17, 15) is 5.11 Å². The van der Waals surface area contributed by atoms with Crippen molar-refractivity contribution < 1.29 is 5.11 Å². The molecule has 94 valence electrons. The minimum absolute atomic E-state index is 0.422. The lowest BCUT2D eigenvalue weighted by atomic mass is 9.70. The van der Waals surface area contributed by atoms with E-state index in [0.29, 0.717) is 11.7 Å². The highest BCUT2D eigenvalue weighted by Crippen LogP contribution is 2.42. The second-order valence-corrected chi connectivity index (χ2v) is 5.84. The number of aryl methyl sites for hydroxylation is 1. The van der Waals surface area contributed by atoms with Gasteiger partial charge in [0, 0.05) is 0 Å². The molecule has 1 fully saturated rings. The van der Waals surface area contributed by atoms with Crippen molar-refractivity contribution in [2.75, 3.05) is 0 Å². The van der Waals surface area contributed by atoms with Crippen molar-refractivity contribution in [1.29, 1.82) is 0 Å². The van der Waals surface area contributed by atoms with Crippen LogP contribution in [0.3, 0.4) is 0 Å². The van der Waals surface area contributed by atoms with Gasteiger partial charge in [-0.2, -0.15) is 0 Å². The van der Waals surface area contributed by atoms with Gasteiger partial charge < -0.3 is 5.11 Å². The number of phenolic OH excluding ortho intramolecular Hbond substituents is 1. The van der Waals surface area contributed by atoms with Gasteiger partial charge in [-0.3, -0.25) is 0 Å². The molecule has 0 aliphatic heterocycles. The Morgan fingerprint density at radius 1 is 1.18 bits per heavy atom. The molecule has 0 radical (unpaired) electrons. The molecule has 0 amide bonds. The van der Waals surface area contributed by atoms with Crippen molar-refractivity contribution in [3.8, 4) is 5.75 Å². The molecule has 1 N–H and O–H groups in total. The van der Waals surface area contributed by atoms with Gasteiger partial charge in [0.1, 0.15) is 5.75 Å². The minimum Gasteiger partial charge on any atom is -0.508 e. The molecule has 1 aliphatic rings. The van der Waals surface area contributed by atoms with Crippen LogP contribution >= 0.6 is 0 Å². The second-order valence-electron chi connectivity index (χ2n) is 5.84. The summed E-state index contributed by atoms with van der Waals surface area (Å²) in [6, 6.07) is 6.16. The number of aromatic hydroxyl groups is 1. The van der Waals surface area contributed by atoms with Crippen LogP contribution in [-0.4, -0.2) is 5.11 Å². The van der Waals surface area contributed by atoms with Crippen LogP contribution < -0.4 is 0 Å². The van der Waals surface area contributed by atoms with Crippen LogP contribution in [-0.2, 0) is 0 Å². The van der Waals surface area contributed by atoms with Crippen LogP contribution in [0.15, 0.2) is 18.2 Å². The summed E-state index contributed by atoms with van der Waals surface area (Å²) in [5.74, 6) is 2.69. The molecule has 2 unspecified atom stereocenters. The largest absolute Gasteiger partial charge is 0.508 e. The van der Waals surface area contributed by atoms with Crippen LogP contribution in [0.1, 0.15) is 56.6 Å². The molecule has 0 saturated heterocycles. The van der Waals surface area contributed by atoms with Crippen LogP contribution in [0.25, 0.3) is 0 Å². The molecule has 1 saturated carbocycles. The van der Waals surface area contributed by atoms with Crippen molar-refractivity contribution in [2.45, 2.75) is 52.4 Å². The normalized spacial score (nSPS) is 25.2. The predicted octanol–water partition coefficient (Wildman–Crippen LogP) is 4.63. The van der Waals surface area contributed by atoms with E-state index in [-0.39, 0.29) is 0 Å². The lowest BCUT2D eigenvalue weighted by molar-refractivity contribution is 0.238. The summed E-state index contributed by atoms with van der Waals surface area (Å²) in [5, 5.41) is 9.62. The summed E-state index contributed by atoms with van der Waals surface area (Å²) < 4.78 is 0. The zero-order chi connectivity index (χ0) is 12.4. The Balaban J connectivity index is 2.26. The summed E-state index contributed by atoms with van der Waals surface area (Å²) in [5.41, 5.74) is 2.44. The molecule has 2 rings (SSSR count). The van der Waals surface area contributed by atoms with Crippen LogP contribution in [0.2, 0.25) is 0 Å². The number of rotatable bonds is 2. The molecule has 0 aromatic heterocycles. The Morgan fingerprint density at radius 2 is 1.88 bits per heavy atom. The number of hydrogen-bond donors (Lipinski definition) is 1. The first-order valence-electron chi connectivity index (χ1n) is 6.89. The summed E-state index contributed by atoms with van der Waals surface area (Å²) in [7, 11) is 0. The summed E-state index contributed by atoms with van der Waals surface area (Å²) in [4.78, 5) is 0. The fraction of sp³-hybridized carbons (Fsp3) is 0.625. The molecule has 1 nitrogen and oxygen atoms in total. The predicted molar refractivity (Wildman–Crippen MR) is 72.4 cm³/mol. The van der Waals surface area contributed by atoms with Gasteiger partial charge >= 0.3 is 0 Å². The average Bonchev–Trinajstić information content (AvgIpc) is 2.32. The first kappa shape index (κ1) is 12.5. The Labute approximate surface area is 105 Å². The summed E-state index contributed by atoms with van der Waals surface area (Å²) >= 11 is 0. The molecule has 1 aromatic carbocycles. The fourth-order valence-electron chi connectivity index (χ4n) is 3.28. The standard InChI is InChI=1S/C16H24O/c1-11(2)14-6-4-5-7-15(14)13-8-9-16(17)12(3)10-13/h8-11,14-15,17H,4-7H2,1-3H3. The molecule has 0 heterocycles. The minimum atomic E-state index is 0.422. The molecular weight excluding hydrogens is 208 g/mol. The van der Waals surface area contributed by atoms with E-state index in [1.165, 1.54) is 31.2 Å². The highest BCUT2D eigenvalue weighted by Gasteiger charge is 2.28. The first-order valence-corrected chi connectivity index (χ1v) is 6.89. The highest BCUT2D eigenvalue weighted by molar-refractivity contribution is 5.36. The van der Waals surface area contributed by atoms with Gasteiger partial charge in [-0.1, -0.05) is 38.8 Å². The van der Waals surface area contributed by atoms with Gasteiger partial charge in [0.2, 0.25) is 0 Å².